The number of hydrogen-bond donors (Lipinski definition) is 0. The molecule has 0 amide bonds. The normalized spacial score (nSPS) is 11.2. The summed E-state index contributed by atoms with van der Waals surface area (Å²) in [7, 11) is 0. The Hall–Kier alpha value is -2.78. The van der Waals surface area contributed by atoms with Crippen molar-refractivity contribution >= 4 is 0 Å². The molecule has 1 unspecified atom stereocenters. The summed E-state index contributed by atoms with van der Waals surface area (Å²) in [5.74, 6) is 1.33. The van der Waals surface area contributed by atoms with Gasteiger partial charge in [0, 0.05) is 0 Å². The highest BCUT2D eigenvalue weighted by Gasteiger charge is 2.07. The summed E-state index contributed by atoms with van der Waals surface area (Å²) < 4.78 is 5.69. The highest BCUT2D eigenvalue weighted by atomic mass is 16.5. The van der Waals surface area contributed by atoms with Crippen molar-refractivity contribution in [1.29, 1.82) is 10.5 Å². The number of nitriles is 2. The van der Waals surface area contributed by atoms with E-state index in [0.717, 1.165) is 12.0 Å². The van der Waals surface area contributed by atoms with Crippen LogP contribution in [0.25, 0.3) is 0 Å². The lowest BCUT2D eigenvalue weighted by Gasteiger charge is -2.09. The topological polar surface area (TPSA) is 56.8 Å². The van der Waals surface area contributed by atoms with Crippen LogP contribution in [0.5, 0.6) is 11.5 Å². The van der Waals surface area contributed by atoms with Gasteiger partial charge in [0.25, 0.3) is 0 Å². The van der Waals surface area contributed by atoms with Gasteiger partial charge in [0.1, 0.15) is 11.5 Å². The van der Waals surface area contributed by atoms with Gasteiger partial charge in [-0.25, -0.2) is 0 Å². The molecule has 0 fully saturated rings. The van der Waals surface area contributed by atoms with Crippen molar-refractivity contribution in [3.8, 4) is 23.6 Å². The Labute approximate surface area is 118 Å². The van der Waals surface area contributed by atoms with Gasteiger partial charge in [-0.2, -0.15) is 10.5 Å². The van der Waals surface area contributed by atoms with E-state index in [2.05, 4.69) is 12.1 Å². The molecule has 3 nitrogen and oxygen atoms in total. The Bertz CT molecular complexity index is 645. The summed E-state index contributed by atoms with van der Waals surface area (Å²) in [6.07, 6.45) is 0.798. The van der Waals surface area contributed by atoms with Crippen molar-refractivity contribution in [1.82, 2.24) is 0 Å². The molecule has 0 N–H and O–H groups in total. The van der Waals surface area contributed by atoms with Gasteiger partial charge < -0.3 is 4.74 Å². The van der Waals surface area contributed by atoms with Crippen LogP contribution in [0.4, 0.5) is 0 Å². The minimum atomic E-state index is -0.0704. The van der Waals surface area contributed by atoms with Gasteiger partial charge in [-0.3, -0.25) is 0 Å². The van der Waals surface area contributed by atoms with Crippen LogP contribution < -0.4 is 4.74 Å². The Balaban J connectivity index is 2.11. The lowest BCUT2D eigenvalue weighted by molar-refractivity contribution is 0.482. The summed E-state index contributed by atoms with van der Waals surface area (Å²) in [6, 6.07) is 18.8. The third-order valence-corrected chi connectivity index (χ3v) is 3.07. The molecule has 0 aliphatic carbocycles. The highest BCUT2D eigenvalue weighted by molar-refractivity contribution is 5.38. The van der Waals surface area contributed by atoms with Crippen LogP contribution in [0.3, 0.4) is 0 Å². The van der Waals surface area contributed by atoms with E-state index in [9.17, 15) is 0 Å². The molecule has 2 rings (SSSR count). The summed E-state index contributed by atoms with van der Waals surface area (Å²) in [6.45, 7) is 2.00. The van der Waals surface area contributed by atoms with Gasteiger partial charge in [-0.05, 0) is 48.4 Å². The van der Waals surface area contributed by atoms with Gasteiger partial charge in [0.2, 0.25) is 0 Å². The second kappa shape index (κ2) is 6.41. The fraction of sp³-hybridized carbons (Fsp3) is 0.176. The molecule has 0 bridgehead atoms. The first-order valence-electron chi connectivity index (χ1n) is 6.44. The Morgan fingerprint density at radius 2 is 1.50 bits per heavy atom. The zero-order chi connectivity index (χ0) is 14.4. The molecule has 1 atom stereocenters. The first-order chi connectivity index (χ1) is 9.76. The van der Waals surface area contributed by atoms with Crippen molar-refractivity contribution in [3.05, 3.63) is 59.7 Å². The molecule has 98 valence electrons. The standard InChI is InChI=1S/C17H14N2O/c1-2-14(12-19)15-5-9-17(10-6-15)20-16-7-3-13(11-18)4-8-16/h3-10,14H,2H2,1H3. The fourth-order valence-electron chi connectivity index (χ4n) is 1.90. The fourth-order valence-corrected chi connectivity index (χ4v) is 1.90. The molecule has 2 aromatic carbocycles. The van der Waals surface area contributed by atoms with Gasteiger partial charge in [-0.1, -0.05) is 19.1 Å². The number of hydrogen-bond acceptors (Lipinski definition) is 3. The molecule has 0 aliphatic rings. The summed E-state index contributed by atoms with van der Waals surface area (Å²) in [4.78, 5) is 0. The van der Waals surface area contributed by atoms with Crippen LogP contribution in [0.2, 0.25) is 0 Å². The number of nitrogens with zero attached hydrogens (tertiary/aromatic N) is 2. The summed E-state index contributed by atoms with van der Waals surface area (Å²) in [5, 5.41) is 17.8. The third kappa shape index (κ3) is 3.16. The van der Waals surface area contributed by atoms with Gasteiger partial charge in [0.15, 0.2) is 0 Å². The van der Waals surface area contributed by atoms with Crippen molar-refractivity contribution < 1.29 is 4.74 Å². The molecule has 0 aliphatic heterocycles. The van der Waals surface area contributed by atoms with Crippen molar-refractivity contribution in [2.24, 2.45) is 0 Å². The van der Waals surface area contributed by atoms with E-state index in [4.69, 9.17) is 15.3 Å². The predicted octanol–water partition coefficient (Wildman–Crippen LogP) is 4.37. The molecule has 20 heavy (non-hydrogen) atoms. The van der Waals surface area contributed by atoms with E-state index in [0.29, 0.717) is 17.1 Å². The largest absolute Gasteiger partial charge is 0.457 e. The highest BCUT2D eigenvalue weighted by Crippen LogP contribution is 2.25. The monoisotopic (exact) mass is 262 g/mol. The molecule has 3 heteroatoms. The minimum absolute atomic E-state index is 0.0704. The van der Waals surface area contributed by atoms with Crippen LogP contribution in [0.15, 0.2) is 48.5 Å². The number of rotatable bonds is 4. The second-order valence-electron chi connectivity index (χ2n) is 4.40. The lowest BCUT2D eigenvalue weighted by Crippen LogP contribution is -1.93. The zero-order valence-corrected chi connectivity index (χ0v) is 11.2. The maximum atomic E-state index is 9.03. The average Bonchev–Trinajstić information content (AvgIpc) is 2.51. The van der Waals surface area contributed by atoms with Crippen LogP contribution in [-0.2, 0) is 0 Å². The van der Waals surface area contributed by atoms with Crippen LogP contribution in [0, 0.1) is 22.7 Å². The van der Waals surface area contributed by atoms with Gasteiger partial charge >= 0.3 is 0 Å². The predicted molar refractivity (Wildman–Crippen MR) is 76.3 cm³/mol. The number of benzene rings is 2. The van der Waals surface area contributed by atoms with E-state index >= 15 is 0 Å². The summed E-state index contributed by atoms with van der Waals surface area (Å²) >= 11 is 0. The average molecular weight is 262 g/mol. The Kier molecular flexibility index (Phi) is 4.37. The SMILES string of the molecule is CCC(C#N)c1ccc(Oc2ccc(C#N)cc2)cc1. The lowest BCUT2D eigenvalue weighted by atomic mass is 9.98. The minimum Gasteiger partial charge on any atom is -0.457 e. The van der Waals surface area contributed by atoms with Gasteiger partial charge in [-0.15, -0.1) is 0 Å². The van der Waals surface area contributed by atoms with E-state index in [1.165, 1.54) is 0 Å². The zero-order valence-electron chi connectivity index (χ0n) is 11.2. The van der Waals surface area contributed by atoms with Crippen LogP contribution in [0.1, 0.15) is 30.4 Å². The molecule has 0 saturated heterocycles. The number of ether oxygens (including phenoxy) is 1. The second-order valence-corrected chi connectivity index (χ2v) is 4.40. The van der Waals surface area contributed by atoms with Crippen LogP contribution in [-0.4, -0.2) is 0 Å². The van der Waals surface area contributed by atoms with Crippen molar-refractivity contribution in [2.75, 3.05) is 0 Å². The maximum absolute atomic E-state index is 9.03. The molecular formula is C17H14N2O. The van der Waals surface area contributed by atoms with Crippen molar-refractivity contribution in [3.63, 3.8) is 0 Å². The molecular weight excluding hydrogens is 248 g/mol. The quantitative estimate of drug-likeness (QED) is 0.822. The van der Waals surface area contributed by atoms with E-state index in [1.54, 1.807) is 24.3 Å². The first kappa shape index (κ1) is 13.6. The Morgan fingerprint density at radius 1 is 0.950 bits per heavy atom. The molecule has 0 aromatic heterocycles. The van der Waals surface area contributed by atoms with Crippen molar-refractivity contribution in [2.45, 2.75) is 19.3 Å². The summed E-state index contributed by atoms with van der Waals surface area (Å²) in [5.41, 5.74) is 1.61. The van der Waals surface area contributed by atoms with Gasteiger partial charge in [0.05, 0.1) is 23.6 Å². The molecule has 2 aromatic rings. The molecule has 0 saturated carbocycles. The van der Waals surface area contributed by atoms with Crippen LogP contribution >= 0.6 is 0 Å². The smallest absolute Gasteiger partial charge is 0.127 e. The maximum Gasteiger partial charge on any atom is 0.127 e. The van der Waals surface area contributed by atoms with E-state index in [1.807, 2.05) is 31.2 Å². The first-order valence-corrected chi connectivity index (χ1v) is 6.44. The van der Waals surface area contributed by atoms with E-state index < -0.39 is 0 Å². The molecule has 0 radical (unpaired) electrons. The molecule has 0 heterocycles. The third-order valence-electron chi connectivity index (χ3n) is 3.07. The Morgan fingerprint density at radius 3 is 1.95 bits per heavy atom. The molecule has 0 spiro atoms. The van der Waals surface area contributed by atoms with E-state index in [-0.39, 0.29) is 5.92 Å².